The maximum absolute atomic E-state index is 11.7. The van der Waals surface area contributed by atoms with Crippen molar-refractivity contribution in [2.24, 2.45) is 0 Å². The fourth-order valence-electron chi connectivity index (χ4n) is 1.62. The Hall–Kier alpha value is -2.60. The second-order valence-corrected chi connectivity index (χ2v) is 4.38. The van der Waals surface area contributed by atoms with Gasteiger partial charge in [0.2, 0.25) is 5.91 Å². The van der Waals surface area contributed by atoms with Crippen molar-refractivity contribution >= 4 is 17.8 Å². The topological polar surface area (TPSA) is 76.2 Å². The number of aromatic amines is 1. The summed E-state index contributed by atoms with van der Waals surface area (Å²) in [6, 6.07) is 9.09. The lowest BCUT2D eigenvalue weighted by molar-refractivity contribution is -0.111. The van der Waals surface area contributed by atoms with E-state index >= 15 is 0 Å². The summed E-state index contributed by atoms with van der Waals surface area (Å²) in [5.41, 5.74) is 1.79. The van der Waals surface area contributed by atoms with E-state index in [0.29, 0.717) is 11.6 Å². The summed E-state index contributed by atoms with van der Waals surface area (Å²) in [6.45, 7) is 2.08. The summed E-state index contributed by atoms with van der Waals surface area (Å²) in [5.74, 6) is 0.983. The maximum Gasteiger partial charge on any atom is 0.249 e. The molecule has 0 spiro atoms. The highest BCUT2D eigenvalue weighted by atomic mass is 16.7. The van der Waals surface area contributed by atoms with Crippen molar-refractivity contribution < 1.29 is 14.3 Å². The Bertz CT molecular complexity index is 617. The van der Waals surface area contributed by atoms with E-state index in [1.165, 1.54) is 6.08 Å². The Morgan fingerprint density at radius 1 is 1.38 bits per heavy atom. The number of nitrogens with zero attached hydrogens (tertiary/aromatic N) is 1. The zero-order valence-electron chi connectivity index (χ0n) is 11.9. The fourth-order valence-corrected chi connectivity index (χ4v) is 1.62. The number of aromatic nitrogens is 2. The first kappa shape index (κ1) is 14.8. The fraction of sp³-hybridized carbons (Fsp3) is 0.200. The minimum atomic E-state index is -0.235. The number of carbonyl (C=O) groups is 1. The molecule has 1 aromatic heterocycles. The van der Waals surface area contributed by atoms with Crippen molar-refractivity contribution in [3.05, 3.63) is 47.7 Å². The van der Waals surface area contributed by atoms with Crippen LogP contribution in [0, 0.1) is 6.92 Å². The molecule has 0 saturated heterocycles. The number of H-pyrrole nitrogens is 1. The van der Waals surface area contributed by atoms with Crippen LogP contribution in [0.3, 0.4) is 0 Å². The first-order chi connectivity index (χ1) is 10.2. The highest BCUT2D eigenvalue weighted by Gasteiger charge is 2.01. The van der Waals surface area contributed by atoms with Crippen molar-refractivity contribution in [3.8, 4) is 5.75 Å². The van der Waals surface area contributed by atoms with Gasteiger partial charge in [0.1, 0.15) is 5.75 Å². The van der Waals surface area contributed by atoms with Gasteiger partial charge in [-0.25, -0.2) is 0 Å². The molecule has 0 bridgehead atoms. The predicted molar refractivity (Wildman–Crippen MR) is 79.9 cm³/mol. The Balaban J connectivity index is 1.89. The highest BCUT2D eigenvalue weighted by molar-refractivity contribution is 6.01. The van der Waals surface area contributed by atoms with Gasteiger partial charge in [-0.15, -0.1) is 0 Å². The molecule has 0 radical (unpaired) electrons. The number of hydrogen-bond donors (Lipinski definition) is 2. The first-order valence-corrected chi connectivity index (χ1v) is 6.40. The molecule has 0 aliphatic rings. The van der Waals surface area contributed by atoms with Crippen molar-refractivity contribution in [2.75, 3.05) is 19.2 Å². The molecule has 0 saturated carbocycles. The third-order valence-corrected chi connectivity index (χ3v) is 2.61. The number of benzene rings is 1. The summed E-state index contributed by atoms with van der Waals surface area (Å²) in [5, 5.41) is 9.35. The molecule has 0 unspecified atom stereocenters. The van der Waals surface area contributed by atoms with E-state index < -0.39 is 0 Å². The lowest BCUT2D eigenvalue weighted by Crippen LogP contribution is -2.07. The van der Waals surface area contributed by atoms with Crippen LogP contribution in [0.2, 0.25) is 0 Å². The van der Waals surface area contributed by atoms with Crippen LogP contribution < -0.4 is 10.1 Å². The largest absolute Gasteiger partial charge is 0.468 e. The molecular formula is C15H17N3O3. The van der Waals surface area contributed by atoms with E-state index in [2.05, 4.69) is 15.5 Å². The summed E-state index contributed by atoms with van der Waals surface area (Å²) in [7, 11) is 1.57. The molecule has 2 N–H and O–H groups in total. The highest BCUT2D eigenvalue weighted by Crippen LogP contribution is 2.13. The molecule has 1 amide bonds. The van der Waals surface area contributed by atoms with Gasteiger partial charge in [0, 0.05) is 24.9 Å². The molecule has 1 aromatic carbocycles. The van der Waals surface area contributed by atoms with Gasteiger partial charge < -0.3 is 14.8 Å². The third kappa shape index (κ3) is 4.77. The summed E-state index contributed by atoms with van der Waals surface area (Å²) >= 11 is 0. The van der Waals surface area contributed by atoms with Crippen LogP contribution in [0.5, 0.6) is 5.75 Å². The van der Waals surface area contributed by atoms with Crippen LogP contribution in [-0.2, 0) is 9.53 Å². The number of amides is 1. The maximum atomic E-state index is 11.7. The van der Waals surface area contributed by atoms with Gasteiger partial charge in [-0.2, -0.15) is 5.10 Å². The third-order valence-electron chi connectivity index (χ3n) is 2.61. The molecule has 21 heavy (non-hydrogen) atoms. The smallest absolute Gasteiger partial charge is 0.249 e. The van der Waals surface area contributed by atoms with Gasteiger partial charge >= 0.3 is 0 Å². The second kappa shape index (κ2) is 7.25. The van der Waals surface area contributed by atoms with Crippen LogP contribution >= 0.6 is 0 Å². The summed E-state index contributed by atoms with van der Waals surface area (Å²) < 4.78 is 10.1. The van der Waals surface area contributed by atoms with Gasteiger partial charge in [0.05, 0.1) is 0 Å². The van der Waals surface area contributed by atoms with Crippen LogP contribution in [0.25, 0.3) is 6.08 Å². The Labute approximate surface area is 122 Å². The number of carbonyl (C=O) groups excluding carboxylic acids is 1. The quantitative estimate of drug-likeness (QED) is 0.631. The van der Waals surface area contributed by atoms with E-state index in [1.54, 1.807) is 19.3 Å². The molecule has 0 aliphatic heterocycles. The average molecular weight is 287 g/mol. The van der Waals surface area contributed by atoms with E-state index in [1.807, 2.05) is 31.2 Å². The number of rotatable bonds is 6. The molecule has 6 nitrogen and oxygen atoms in total. The molecular weight excluding hydrogens is 270 g/mol. The van der Waals surface area contributed by atoms with Crippen LogP contribution in [-0.4, -0.2) is 30.0 Å². The number of anilines is 1. The molecule has 0 aliphatic carbocycles. The minimum Gasteiger partial charge on any atom is -0.468 e. The number of aryl methyl sites for hydroxylation is 1. The first-order valence-electron chi connectivity index (χ1n) is 6.40. The van der Waals surface area contributed by atoms with Crippen LogP contribution in [0.1, 0.15) is 11.3 Å². The second-order valence-electron chi connectivity index (χ2n) is 4.38. The number of methoxy groups -OCH3 is 1. The lowest BCUT2D eigenvalue weighted by Gasteiger charge is -2.04. The van der Waals surface area contributed by atoms with E-state index in [-0.39, 0.29) is 12.7 Å². The Morgan fingerprint density at radius 2 is 2.14 bits per heavy atom. The zero-order chi connectivity index (χ0) is 15.1. The zero-order valence-corrected chi connectivity index (χ0v) is 11.9. The predicted octanol–water partition coefficient (Wildman–Crippen LogP) is 2.35. The normalized spacial score (nSPS) is 10.8. The van der Waals surface area contributed by atoms with E-state index in [4.69, 9.17) is 9.47 Å². The molecule has 2 rings (SSSR count). The van der Waals surface area contributed by atoms with Gasteiger partial charge in [-0.05, 0) is 30.7 Å². The SMILES string of the molecule is COCOc1ccc(/C=C/C(=O)Nc2cc(C)[nH]n2)cc1. The number of ether oxygens (including phenoxy) is 2. The van der Waals surface area contributed by atoms with Crippen molar-refractivity contribution in [2.45, 2.75) is 6.92 Å². The number of nitrogens with one attached hydrogen (secondary N) is 2. The van der Waals surface area contributed by atoms with Gasteiger partial charge in [0.25, 0.3) is 0 Å². The molecule has 0 fully saturated rings. The molecule has 2 aromatic rings. The van der Waals surface area contributed by atoms with Gasteiger partial charge in [-0.3, -0.25) is 9.89 Å². The van der Waals surface area contributed by atoms with E-state index in [9.17, 15) is 4.79 Å². The van der Waals surface area contributed by atoms with Crippen LogP contribution in [0.4, 0.5) is 5.82 Å². The monoisotopic (exact) mass is 287 g/mol. The Kier molecular flexibility index (Phi) is 5.11. The molecule has 0 atom stereocenters. The van der Waals surface area contributed by atoms with Gasteiger partial charge in [0.15, 0.2) is 12.6 Å². The summed E-state index contributed by atoms with van der Waals surface area (Å²) in [4.78, 5) is 11.7. The van der Waals surface area contributed by atoms with Crippen LogP contribution in [0.15, 0.2) is 36.4 Å². The molecule has 1 heterocycles. The average Bonchev–Trinajstić information content (AvgIpc) is 2.89. The molecule has 110 valence electrons. The van der Waals surface area contributed by atoms with Crippen molar-refractivity contribution in [3.63, 3.8) is 0 Å². The standard InChI is InChI=1S/C15H17N3O3/c1-11-9-14(18-17-11)16-15(19)8-5-12-3-6-13(7-4-12)21-10-20-2/h3-9H,10H2,1-2H3,(H2,16,17,18,19)/b8-5+. The minimum absolute atomic E-state index is 0.209. The van der Waals surface area contributed by atoms with E-state index in [0.717, 1.165) is 11.3 Å². The Morgan fingerprint density at radius 3 is 2.76 bits per heavy atom. The lowest BCUT2D eigenvalue weighted by atomic mass is 10.2. The van der Waals surface area contributed by atoms with Gasteiger partial charge in [-0.1, -0.05) is 12.1 Å². The van der Waals surface area contributed by atoms with Crippen molar-refractivity contribution in [1.82, 2.24) is 10.2 Å². The van der Waals surface area contributed by atoms with Crippen molar-refractivity contribution in [1.29, 1.82) is 0 Å². The number of hydrogen-bond acceptors (Lipinski definition) is 4. The molecule has 6 heteroatoms. The summed E-state index contributed by atoms with van der Waals surface area (Å²) in [6.07, 6.45) is 3.17.